The molecular formula is C16H27N3. The molecule has 1 aliphatic rings. The fraction of sp³-hybridized carbons (Fsp3) is 0.625. The molecule has 0 spiro atoms. The normalized spacial score (nSPS) is 15.4. The molecule has 1 saturated carbocycles. The average molecular weight is 261 g/mol. The molecule has 0 radical (unpaired) electrons. The van der Waals surface area contributed by atoms with Crippen molar-refractivity contribution in [3.63, 3.8) is 0 Å². The SMILES string of the molecule is CN(C)CCN(C)Cc1cccc(CNC2CC2)c1. The van der Waals surface area contributed by atoms with E-state index in [1.54, 1.807) is 0 Å². The zero-order valence-electron chi connectivity index (χ0n) is 12.5. The summed E-state index contributed by atoms with van der Waals surface area (Å²) < 4.78 is 0. The summed E-state index contributed by atoms with van der Waals surface area (Å²) in [7, 11) is 6.44. The molecule has 19 heavy (non-hydrogen) atoms. The third kappa shape index (κ3) is 5.72. The summed E-state index contributed by atoms with van der Waals surface area (Å²) >= 11 is 0. The molecule has 0 saturated heterocycles. The Hall–Kier alpha value is -0.900. The van der Waals surface area contributed by atoms with Gasteiger partial charge in [-0.3, -0.25) is 0 Å². The van der Waals surface area contributed by atoms with Crippen LogP contribution in [-0.4, -0.2) is 50.1 Å². The minimum Gasteiger partial charge on any atom is -0.310 e. The lowest BCUT2D eigenvalue weighted by Gasteiger charge is -2.19. The van der Waals surface area contributed by atoms with Crippen molar-refractivity contribution in [2.45, 2.75) is 32.0 Å². The highest BCUT2D eigenvalue weighted by molar-refractivity contribution is 5.23. The molecule has 3 nitrogen and oxygen atoms in total. The standard InChI is InChI=1S/C16H27N3/c1-18(2)9-10-19(3)13-15-6-4-5-14(11-15)12-17-16-7-8-16/h4-6,11,16-17H,7-10,12-13H2,1-3H3. The number of rotatable bonds is 8. The minimum absolute atomic E-state index is 0.784. The Kier molecular flexibility index (Phi) is 5.37. The molecule has 1 N–H and O–H groups in total. The van der Waals surface area contributed by atoms with Crippen LogP contribution in [0.25, 0.3) is 0 Å². The number of hydrogen-bond acceptors (Lipinski definition) is 3. The number of nitrogens with one attached hydrogen (secondary N) is 1. The summed E-state index contributed by atoms with van der Waals surface area (Å²) in [6.45, 7) is 4.27. The molecule has 1 aromatic rings. The summed E-state index contributed by atoms with van der Waals surface area (Å²) in [5.74, 6) is 0. The van der Waals surface area contributed by atoms with Gasteiger partial charge in [0.25, 0.3) is 0 Å². The zero-order valence-corrected chi connectivity index (χ0v) is 12.5. The van der Waals surface area contributed by atoms with E-state index >= 15 is 0 Å². The molecule has 1 fully saturated rings. The van der Waals surface area contributed by atoms with Crippen LogP contribution in [0.2, 0.25) is 0 Å². The van der Waals surface area contributed by atoms with Crippen molar-refractivity contribution in [3.05, 3.63) is 35.4 Å². The van der Waals surface area contributed by atoms with Crippen LogP contribution >= 0.6 is 0 Å². The number of hydrogen-bond donors (Lipinski definition) is 1. The smallest absolute Gasteiger partial charge is 0.0231 e. The molecule has 0 amide bonds. The molecule has 0 bridgehead atoms. The first kappa shape index (κ1) is 14.5. The van der Waals surface area contributed by atoms with Crippen LogP contribution in [0.4, 0.5) is 0 Å². The highest BCUT2D eigenvalue weighted by Crippen LogP contribution is 2.19. The monoisotopic (exact) mass is 261 g/mol. The second-order valence-electron chi connectivity index (χ2n) is 6.02. The lowest BCUT2D eigenvalue weighted by molar-refractivity contribution is 0.276. The molecule has 0 aliphatic heterocycles. The van der Waals surface area contributed by atoms with E-state index < -0.39 is 0 Å². The predicted molar refractivity (Wildman–Crippen MR) is 81.2 cm³/mol. The van der Waals surface area contributed by atoms with Gasteiger partial charge in [0, 0.05) is 32.2 Å². The Morgan fingerprint density at radius 1 is 1.11 bits per heavy atom. The van der Waals surface area contributed by atoms with Gasteiger partial charge >= 0.3 is 0 Å². The van der Waals surface area contributed by atoms with Crippen LogP contribution in [0.15, 0.2) is 24.3 Å². The molecular weight excluding hydrogens is 234 g/mol. The van der Waals surface area contributed by atoms with E-state index in [9.17, 15) is 0 Å². The van der Waals surface area contributed by atoms with E-state index in [0.29, 0.717) is 0 Å². The molecule has 2 rings (SSSR count). The summed E-state index contributed by atoms with van der Waals surface area (Å²) in [5, 5.41) is 3.57. The number of benzene rings is 1. The molecule has 0 aromatic heterocycles. The van der Waals surface area contributed by atoms with Crippen LogP contribution in [0.3, 0.4) is 0 Å². The number of nitrogens with zero attached hydrogens (tertiary/aromatic N) is 2. The average Bonchev–Trinajstić information content (AvgIpc) is 3.18. The van der Waals surface area contributed by atoms with Gasteiger partial charge in [0.15, 0.2) is 0 Å². The molecule has 0 heterocycles. The van der Waals surface area contributed by atoms with E-state index in [4.69, 9.17) is 0 Å². The third-order valence-corrected chi connectivity index (χ3v) is 3.55. The van der Waals surface area contributed by atoms with Gasteiger partial charge in [0.05, 0.1) is 0 Å². The first-order chi connectivity index (χ1) is 9.13. The summed E-state index contributed by atoms with van der Waals surface area (Å²) in [4.78, 5) is 4.61. The van der Waals surface area contributed by atoms with E-state index in [1.807, 2.05) is 0 Å². The maximum atomic E-state index is 3.57. The second-order valence-corrected chi connectivity index (χ2v) is 6.02. The van der Waals surface area contributed by atoms with E-state index in [0.717, 1.165) is 32.2 Å². The fourth-order valence-electron chi connectivity index (χ4n) is 2.15. The maximum Gasteiger partial charge on any atom is 0.0231 e. The Balaban J connectivity index is 1.79. The Bertz CT molecular complexity index is 385. The Morgan fingerprint density at radius 2 is 1.84 bits per heavy atom. The van der Waals surface area contributed by atoms with Crippen molar-refractivity contribution in [2.75, 3.05) is 34.2 Å². The van der Waals surface area contributed by atoms with Crippen molar-refractivity contribution >= 4 is 0 Å². The van der Waals surface area contributed by atoms with Crippen molar-refractivity contribution < 1.29 is 0 Å². The zero-order chi connectivity index (χ0) is 13.7. The maximum absolute atomic E-state index is 3.57. The van der Waals surface area contributed by atoms with Gasteiger partial charge in [-0.05, 0) is 45.1 Å². The van der Waals surface area contributed by atoms with Gasteiger partial charge in [-0.2, -0.15) is 0 Å². The molecule has 1 aromatic carbocycles. The van der Waals surface area contributed by atoms with E-state index in [2.05, 4.69) is 60.5 Å². The molecule has 3 heteroatoms. The van der Waals surface area contributed by atoms with E-state index in [-0.39, 0.29) is 0 Å². The van der Waals surface area contributed by atoms with Gasteiger partial charge in [-0.1, -0.05) is 24.3 Å². The topological polar surface area (TPSA) is 18.5 Å². The Morgan fingerprint density at radius 3 is 2.53 bits per heavy atom. The Labute approximate surface area is 117 Å². The molecule has 0 atom stereocenters. The van der Waals surface area contributed by atoms with Crippen LogP contribution in [0.1, 0.15) is 24.0 Å². The second kappa shape index (κ2) is 7.04. The predicted octanol–water partition coefficient (Wildman–Crippen LogP) is 1.93. The van der Waals surface area contributed by atoms with Crippen molar-refractivity contribution in [3.8, 4) is 0 Å². The fourth-order valence-corrected chi connectivity index (χ4v) is 2.15. The quantitative estimate of drug-likeness (QED) is 0.771. The molecule has 106 valence electrons. The highest BCUT2D eigenvalue weighted by Gasteiger charge is 2.19. The van der Waals surface area contributed by atoms with Gasteiger partial charge < -0.3 is 15.1 Å². The summed E-state index contributed by atoms with van der Waals surface area (Å²) in [6, 6.07) is 9.75. The van der Waals surface area contributed by atoms with Crippen LogP contribution < -0.4 is 5.32 Å². The van der Waals surface area contributed by atoms with Crippen molar-refractivity contribution in [1.82, 2.24) is 15.1 Å². The largest absolute Gasteiger partial charge is 0.310 e. The van der Waals surface area contributed by atoms with Crippen molar-refractivity contribution in [2.24, 2.45) is 0 Å². The van der Waals surface area contributed by atoms with Crippen LogP contribution in [0, 0.1) is 0 Å². The molecule has 0 unspecified atom stereocenters. The highest BCUT2D eigenvalue weighted by atomic mass is 15.1. The van der Waals surface area contributed by atoms with Crippen molar-refractivity contribution in [1.29, 1.82) is 0 Å². The lowest BCUT2D eigenvalue weighted by atomic mass is 10.1. The number of likely N-dealkylation sites (N-methyl/N-ethyl adjacent to an activating group) is 2. The third-order valence-electron chi connectivity index (χ3n) is 3.55. The summed E-state index contributed by atoms with van der Waals surface area (Å²) in [6.07, 6.45) is 2.71. The van der Waals surface area contributed by atoms with Crippen LogP contribution in [-0.2, 0) is 13.1 Å². The van der Waals surface area contributed by atoms with Crippen LogP contribution in [0.5, 0.6) is 0 Å². The van der Waals surface area contributed by atoms with Gasteiger partial charge in [0.2, 0.25) is 0 Å². The van der Waals surface area contributed by atoms with E-state index in [1.165, 1.54) is 24.0 Å². The van der Waals surface area contributed by atoms with Gasteiger partial charge in [-0.25, -0.2) is 0 Å². The first-order valence-electron chi connectivity index (χ1n) is 7.28. The van der Waals surface area contributed by atoms with Gasteiger partial charge in [-0.15, -0.1) is 0 Å². The van der Waals surface area contributed by atoms with Gasteiger partial charge in [0.1, 0.15) is 0 Å². The lowest BCUT2D eigenvalue weighted by Crippen LogP contribution is -2.28. The molecule has 1 aliphatic carbocycles. The summed E-state index contributed by atoms with van der Waals surface area (Å²) in [5.41, 5.74) is 2.82. The minimum atomic E-state index is 0.784. The first-order valence-corrected chi connectivity index (χ1v) is 7.28.